The van der Waals surface area contributed by atoms with Crippen LogP contribution in [0.3, 0.4) is 0 Å². The van der Waals surface area contributed by atoms with Crippen molar-refractivity contribution in [3.8, 4) is 0 Å². The van der Waals surface area contributed by atoms with E-state index in [1.807, 2.05) is 37.3 Å². The summed E-state index contributed by atoms with van der Waals surface area (Å²) in [5.74, 6) is -0.475. The minimum absolute atomic E-state index is 0.123. The van der Waals surface area contributed by atoms with Crippen LogP contribution in [0.5, 0.6) is 0 Å². The van der Waals surface area contributed by atoms with Crippen molar-refractivity contribution in [3.63, 3.8) is 0 Å². The fraction of sp³-hybridized carbons (Fsp3) is 0.0385. The minimum Gasteiger partial charge on any atom is -0.456 e. The van der Waals surface area contributed by atoms with Gasteiger partial charge in [-0.15, -0.1) is 0 Å². The summed E-state index contributed by atoms with van der Waals surface area (Å²) in [5, 5.41) is 4.93. The van der Waals surface area contributed by atoms with E-state index in [0.29, 0.717) is 11.3 Å². The molecule has 1 amide bonds. The van der Waals surface area contributed by atoms with Crippen LogP contribution in [0.15, 0.2) is 94.2 Å². The Kier molecular flexibility index (Phi) is 5.51. The van der Waals surface area contributed by atoms with Gasteiger partial charge in [0, 0.05) is 28.2 Å². The predicted molar refractivity (Wildman–Crippen MR) is 135 cm³/mol. The lowest BCUT2D eigenvalue weighted by atomic mass is 10.1. The Hall–Kier alpha value is -3.81. The highest BCUT2D eigenvalue weighted by molar-refractivity contribution is 7.92. The first-order chi connectivity index (χ1) is 16.3. The number of hydrogen-bond donors (Lipinski definition) is 2. The molecule has 0 bridgehead atoms. The van der Waals surface area contributed by atoms with E-state index in [1.165, 1.54) is 30.3 Å². The zero-order valence-electron chi connectivity index (χ0n) is 18.0. The molecule has 0 spiro atoms. The average molecular weight is 491 g/mol. The SMILES string of the molecule is Cc1ccc(S(=O)(=O)Nc2ccc(Cl)c(C(=O)Nc3ccc4c(c3)oc3ccccc34)c2)cc1. The van der Waals surface area contributed by atoms with Crippen LogP contribution in [0, 0.1) is 6.92 Å². The summed E-state index contributed by atoms with van der Waals surface area (Å²) in [5.41, 5.74) is 3.24. The van der Waals surface area contributed by atoms with E-state index in [4.69, 9.17) is 16.0 Å². The quantitative estimate of drug-likeness (QED) is 0.290. The smallest absolute Gasteiger partial charge is 0.261 e. The number of carbonyl (C=O) groups is 1. The summed E-state index contributed by atoms with van der Waals surface area (Å²) in [6.45, 7) is 1.87. The number of rotatable bonds is 5. The lowest BCUT2D eigenvalue weighted by molar-refractivity contribution is 0.102. The van der Waals surface area contributed by atoms with Gasteiger partial charge in [-0.1, -0.05) is 47.5 Å². The highest BCUT2D eigenvalue weighted by Crippen LogP contribution is 2.31. The molecule has 0 radical (unpaired) electrons. The van der Waals surface area contributed by atoms with Crippen molar-refractivity contribution in [3.05, 3.63) is 101 Å². The maximum atomic E-state index is 13.0. The van der Waals surface area contributed by atoms with Crippen LogP contribution in [0.2, 0.25) is 5.02 Å². The summed E-state index contributed by atoms with van der Waals surface area (Å²) in [4.78, 5) is 13.1. The molecule has 0 aliphatic heterocycles. The van der Waals surface area contributed by atoms with Crippen LogP contribution >= 0.6 is 11.6 Å². The first-order valence-electron chi connectivity index (χ1n) is 10.4. The lowest BCUT2D eigenvalue weighted by Crippen LogP contribution is -2.15. The van der Waals surface area contributed by atoms with Gasteiger partial charge in [-0.25, -0.2) is 8.42 Å². The molecule has 5 aromatic rings. The van der Waals surface area contributed by atoms with Crippen molar-refractivity contribution in [2.75, 3.05) is 10.0 Å². The van der Waals surface area contributed by atoms with Crippen LogP contribution < -0.4 is 10.0 Å². The number of benzene rings is 4. The van der Waals surface area contributed by atoms with Crippen LogP contribution in [0.25, 0.3) is 21.9 Å². The van der Waals surface area contributed by atoms with E-state index >= 15 is 0 Å². The van der Waals surface area contributed by atoms with Crippen molar-refractivity contribution in [2.24, 2.45) is 0 Å². The van der Waals surface area contributed by atoms with E-state index in [9.17, 15) is 13.2 Å². The molecular formula is C26H19ClN2O4S. The summed E-state index contributed by atoms with van der Waals surface area (Å²) in [6.07, 6.45) is 0. The molecule has 0 unspecified atom stereocenters. The van der Waals surface area contributed by atoms with E-state index in [1.54, 1.807) is 24.3 Å². The monoisotopic (exact) mass is 490 g/mol. The maximum absolute atomic E-state index is 13.0. The predicted octanol–water partition coefficient (Wildman–Crippen LogP) is 6.60. The fourth-order valence-electron chi connectivity index (χ4n) is 3.70. The summed E-state index contributed by atoms with van der Waals surface area (Å²) < 4.78 is 33.8. The number of aryl methyl sites for hydroxylation is 1. The number of carbonyl (C=O) groups excluding carboxylic acids is 1. The molecule has 1 heterocycles. The molecule has 1 aromatic heterocycles. The normalized spacial score (nSPS) is 11.6. The number of amides is 1. The molecule has 4 aromatic carbocycles. The van der Waals surface area contributed by atoms with Gasteiger partial charge in [-0.05, 0) is 55.5 Å². The zero-order valence-corrected chi connectivity index (χ0v) is 19.6. The van der Waals surface area contributed by atoms with Crippen LogP contribution in [0.1, 0.15) is 15.9 Å². The third-order valence-electron chi connectivity index (χ3n) is 5.43. The van der Waals surface area contributed by atoms with Gasteiger partial charge < -0.3 is 9.73 Å². The number of hydrogen-bond acceptors (Lipinski definition) is 4. The van der Waals surface area contributed by atoms with Gasteiger partial charge in [0.1, 0.15) is 11.2 Å². The molecular weight excluding hydrogens is 472 g/mol. The molecule has 0 aliphatic carbocycles. The van der Waals surface area contributed by atoms with E-state index in [2.05, 4.69) is 10.0 Å². The molecule has 0 aliphatic rings. The van der Waals surface area contributed by atoms with Crippen LogP contribution in [-0.4, -0.2) is 14.3 Å². The molecule has 34 heavy (non-hydrogen) atoms. The van der Waals surface area contributed by atoms with Gasteiger partial charge in [-0.2, -0.15) is 0 Å². The second-order valence-corrected chi connectivity index (χ2v) is 9.97. The first-order valence-corrected chi connectivity index (χ1v) is 12.3. The minimum atomic E-state index is -3.82. The Morgan fingerprint density at radius 3 is 2.32 bits per heavy atom. The molecule has 6 nitrogen and oxygen atoms in total. The Balaban J connectivity index is 1.40. The summed E-state index contributed by atoms with van der Waals surface area (Å²) in [6, 6.07) is 24.0. The number of halogens is 1. The summed E-state index contributed by atoms with van der Waals surface area (Å²) >= 11 is 6.25. The van der Waals surface area contributed by atoms with Gasteiger partial charge in [0.15, 0.2) is 0 Å². The topological polar surface area (TPSA) is 88.4 Å². The van der Waals surface area contributed by atoms with Gasteiger partial charge in [-0.3, -0.25) is 9.52 Å². The molecule has 0 saturated heterocycles. The molecule has 0 atom stereocenters. The number of para-hydroxylation sites is 1. The van der Waals surface area contributed by atoms with Crippen LogP contribution in [-0.2, 0) is 10.0 Å². The number of furan rings is 1. The molecule has 5 rings (SSSR count). The average Bonchev–Trinajstić information content (AvgIpc) is 3.18. The van der Waals surface area contributed by atoms with E-state index in [-0.39, 0.29) is 21.2 Å². The molecule has 8 heteroatoms. The van der Waals surface area contributed by atoms with Crippen molar-refractivity contribution >= 4 is 60.8 Å². The largest absolute Gasteiger partial charge is 0.456 e. The second kappa shape index (κ2) is 8.52. The Morgan fingerprint density at radius 2 is 1.53 bits per heavy atom. The Morgan fingerprint density at radius 1 is 0.824 bits per heavy atom. The van der Waals surface area contributed by atoms with Gasteiger partial charge in [0.2, 0.25) is 0 Å². The van der Waals surface area contributed by atoms with Crippen LogP contribution in [0.4, 0.5) is 11.4 Å². The zero-order chi connectivity index (χ0) is 23.9. The van der Waals surface area contributed by atoms with Crippen molar-refractivity contribution in [2.45, 2.75) is 11.8 Å². The number of nitrogens with one attached hydrogen (secondary N) is 2. The maximum Gasteiger partial charge on any atom is 0.261 e. The number of fused-ring (bicyclic) bond motifs is 3. The summed E-state index contributed by atoms with van der Waals surface area (Å²) in [7, 11) is -3.82. The molecule has 0 saturated carbocycles. The molecule has 2 N–H and O–H groups in total. The van der Waals surface area contributed by atoms with Gasteiger partial charge >= 0.3 is 0 Å². The number of sulfonamides is 1. The number of anilines is 2. The Labute approximate surface area is 201 Å². The Bertz CT molecular complexity index is 1660. The highest BCUT2D eigenvalue weighted by Gasteiger charge is 2.17. The van der Waals surface area contributed by atoms with Gasteiger partial charge in [0.25, 0.3) is 15.9 Å². The van der Waals surface area contributed by atoms with Crippen molar-refractivity contribution in [1.29, 1.82) is 0 Å². The van der Waals surface area contributed by atoms with Crippen molar-refractivity contribution < 1.29 is 17.6 Å². The first kappa shape index (κ1) is 22.0. The third kappa shape index (κ3) is 4.23. The van der Waals surface area contributed by atoms with E-state index < -0.39 is 15.9 Å². The third-order valence-corrected chi connectivity index (χ3v) is 7.16. The lowest BCUT2D eigenvalue weighted by Gasteiger charge is -2.11. The molecule has 0 fully saturated rings. The standard InChI is InChI=1S/C26H19ClN2O4S/c1-16-6-10-19(11-7-16)34(31,32)29-18-9-13-23(27)22(14-18)26(30)28-17-8-12-21-20-4-2-3-5-24(20)33-25(21)15-17/h2-15,29H,1H3,(H,28,30). The van der Waals surface area contributed by atoms with Crippen molar-refractivity contribution in [1.82, 2.24) is 0 Å². The highest BCUT2D eigenvalue weighted by atomic mass is 35.5. The van der Waals surface area contributed by atoms with E-state index in [0.717, 1.165) is 21.9 Å². The fourth-order valence-corrected chi connectivity index (χ4v) is 4.95. The second-order valence-electron chi connectivity index (χ2n) is 7.88. The van der Waals surface area contributed by atoms with Gasteiger partial charge in [0.05, 0.1) is 15.5 Å². The molecule has 170 valence electrons.